The van der Waals surface area contributed by atoms with E-state index in [0.717, 1.165) is 50.8 Å². The lowest BCUT2D eigenvalue weighted by Crippen LogP contribution is -2.51. The Morgan fingerprint density at radius 2 is 1.54 bits per heavy atom. The molecule has 37 heavy (non-hydrogen) atoms. The van der Waals surface area contributed by atoms with Crippen molar-refractivity contribution in [3.05, 3.63) is 87.5 Å². The van der Waals surface area contributed by atoms with Crippen molar-refractivity contribution in [1.29, 1.82) is 5.26 Å². The predicted molar refractivity (Wildman–Crippen MR) is 146 cm³/mol. The molecule has 2 aliphatic heterocycles. The Labute approximate surface area is 219 Å². The van der Waals surface area contributed by atoms with Crippen LogP contribution in [0, 0.1) is 16.7 Å². The molecule has 0 saturated carbocycles. The first kappa shape index (κ1) is 23.0. The van der Waals surface area contributed by atoms with E-state index >= 15 is 0 Å². The molecule has 0 aromatic heterocycles. The predicted octanol–water partition coefficient (Wildman–Crippen LogP) is 6.14. The molecule has 1 saturated heterocycles. The minimum atomic E-state index is -0.582. The van der Waals surface area contributed by atoms with Gasteiger partial charge in [0, 0.05) is 31.3 Å². The number of nitriles is 1. The summed E-state index contributed by atoms with van der Waals surface area (Å²) in [6.45, 7) is 7.62. The minimum absolute atomic E-state index is 0.0315. The van der Waals surface area contributed by atoms with Crippen molar-refractivity contribution >= 4 is 5.69 Å². The van der Waals surface area contributed by atoms with Gasteiger partial charge in [0.15, 0.2) is 5.79 Å². The normalized spacial score (nSPS) is 20.8. The third-order valence-electron chi connectivity index (χ3n) is 8.94. The maximum atomic E-state index is 10.6. The molecule has 4 aliphatic rings. The summed E-state index contributed by atoms with van der Waals surface area (Å²) in [6, 6.07) is 20.3. The van der Waals surface area contributed by atoms with E-state index in [1.807, 2.05) is 0 Å². The van der Waals surface area contributed by atoms with Crippen LogP contribution in [0.5, 0.6) is 0 Å². The number of hydrogen-bond donors (Lipinski definition) is 0. The monoisotopic (exact) mass is 490 g/mol. The number of aryl methyl sites for hydroxylation is 1. The van der Waals surface area contributed by atoms with Gasteiger partial charge in [0.1, 0.15) is 6.07 Å². The van der Waals surface area contributed by atoms with Crippen molar-refractivity contribution < 1.29 is 9.47 Å². The fourth-order valence-electron chi connectivity index (χ4n) is 6.99. The fraction of sp³-hybridized carbons (Fsp3) is 0.424. The SMILES string of the molecule is CC1(C)COC2(CCc3c(C#N)c(N4CCc5ccccc5C4)c4c(c3C2)-c2ccccc2CC4)OC1. The second kappa shape index (κ2) is 8.45. The first-order chi connectivity index (χ1) is 18.0. The van der Waals surface area contributed by atoms with Gasteiger partial charge in [-0.1, -0.05) is 62.4 Å². The van der Waals surface area contributed by atoms with Crippen molar-refractivity contribution in [1.82, 2.24) is 0 Å². The second-order valence-corrected chi connectivity index (χ2v) is 12.1. The van der Waals surface area contributed by atoms with E-state index in [1.54, 1.807) is 0 Å². The number of ether oxygens (including phenoxy) is 2. The van der Waals surface area contributed by atoms with Crippen molar-refractivity contribution in [3.8, 4) is 17.2 Å². The van der Waals surface area contributed by atoms with Crippen LogP contribution >= 0.6 is 0 Å². The van der Waals surface area contributed by atoms with Gasteiger partial charge in [-0.25, -0.2) is 0 Å². The van der Waals surface area contributed by atoms with Crippen LogP contribution in [0.2, 0.25) is 0 Å². The molecule has 1 fully saturated rings. The molecule has 0 amide bonds. The third-order valence-corrected chi connectivity index (χ3v) is 8.94. The van der Waals surface area contributed by atoms with Gasteiger partial charge in [0.2, 0.25) is 0 Å². The molecular weight excluding hydrogens is 456 g/mol. The van der Waals surface area contributed by atoms with Gasteiger partial charge >= 0.3 is 0 Å². The van der Waals surface area contributed by atoms with Gasteiger partial charge in [-0.15, -0.1) is 0 Å². The van der Waals surface area contributed by atoms with E-state index in [2.05, 4.69) is 73.3 Å². The summed E-state index contributed by atoms with van der Waals surface area (Å²) in [5.74, 6) is -0.582. The summed E-state index contributed by atoms with van der Waals surface area (Å²) >= 11 is 0. The average Bonchev–Trinajstić information content (AvgIpc) is 2.93. The molecule has 0 atom stereocenters. The number of rotatable bonds is 1. The molecule has 0 N–H and O–H groups in total. The van der Waals surface area contributed by atoms with Crippen LogP contribution in [0.15, 0.2) is 48.5 Å². The summed E-state index contributed by atoms with van der Waals surface area (Å²) < 4.78 is 13.0. The molecule has 0 radical (unpaired) electrons. The van der Waals surface area contributed by atoms with Crippen LogP contribution in [0.1, 0.15) is 59.2 Å². The van der Waals surface area contributed by atoms with Gasteiger partial charge < -0.3 is 14.4 Å². The number of fused-ring (bicyclic) bond motifs is 6. The molecule has 2 heterocycles. The molecule has 7 rings (SSSR count). The average molecular weight is 491 g/mol. The Morgan fingerprint density at radius 1 is 0.811 bits per heavy atom. The summed E-state index contributed by atoms with van der Waals surface area (Å²) in [6.07, 6.45) is 5.32. The van der Waals surface area contributed by atoms with E-state index in [-0.39, 0.29) is 5.41 Å². The highest BCUT2D eigenvalue weighted by atomic mass is 16.7. The van der Waals surface area contributed by atoms with Gasteiger partial charge in [-0.3, -0.25) is 0 Å². The first-order valence-electron chi connectivity index (χ1n) is 13.8. The Kier molecular flexibility index (Phi) is 5.26. The number of nitrogens with zero attached hydrogens (tertiary/aromatic N) is 2. The van der Waals surface area contributed by atoms with Gasteiger partial charge in [0.05, 0.1) is 24.5 Å². The van der Waals surface area contributed by atoms with E-state index in [4.69, 9.17) is 9.47 Å². The van der Waals surface area contributed by atoms with Crippen LogP contribution < -0.4 is 4.90 Å². The highest BCUT2D eigenvalue weighted by Gasteiger charge is 2.45. The summed E-state index contributed by atoms with van der Waals surface area (Å²) in [5.41, 5.74) is 12.9. The maximum absolute atomic E-state index is 10.6. The molecule has 1 spiro atoms. The van der Waals surface area contributed by atoms with Crippen LogP contribution in [-0.4, -0.2) is 25.5 Å². The molecule has 4 heteroatoms. The molecular formula is C33H34N2O2. The summed E-state index contributed by atoms with van der Waals surface area (Å²) in [4.78, 5) is 2.49. The molecule has 0 unspecified atom stereocenters. The van der Waals surface area contributed by atoms with Crippen molar-refractivity contribution in [2.24, 2.45) is 5.41 Å². The quantitative estimate of drug-likeness (QED) is 0.411. The highest BCUT2D eigenvalue weighted by Crippen LogP contribution is 2.50. The Balaban J connectivity index is 1.41. The van der Waals surface area contributed by atoms with Crippen molar-refractivity contribution in [3.63, 3.8) is 0 Å². The molecule has 4 nitrogen and oxygen atoms in total. The first-order valence-corrected chi connectivity index (χ1v) is 13.8. The smallest absolute Gasteiger partial charge is 0.172 e. The van der Waals surface area contributed by atoms with E-state index in [1.165, 1.54) is 50.2 Å². The second-order valence-electron chi connectivity index (χ2n) is 12.1. The maximum Gasteiger partial charge on any atom is 0.172 e. The standard InChI is InChI=1S/C33H34N2O2/c1-32(2)20-36-33(37-21-32)15-13-26-28(17-33)30-25-10-6-5-8-23(25)11-12-27(30)31(29(26)18-34)35-16-14-22-7-3-4-9-24(22)19-35/h3-10H,11-17,19-21H2,1-2H3. The van der Waals surface area contributed by atoms with Crippen LogP contribution in [0.3, 0.4) is 0 Å². The van der Waals surface area contributed by atoms with Crippen LogP contribution in [-0.2, 0) is 48.1 Å². The summed E-state index contributed by atoms with van der Waals surface area (Å²) in [5, 5.41) is 10.6. The van der Waals surface area contributed by atoms with E-state index in [0.29, 0.717) is 19.6 Å². The number of benzene rings is 3. The molecule has 3 aromatic carbocycles. The van der Waals surface area contributed by atoms with E-state index in [9.17, 15) is 5.26 Å². The zero-order chi connectivity index (χ0) is 25.2. The molecule has 188 valence electrons. The lowest BCUT2D eigenvalue weighted by molar-refractivity contribution is -0.302. The van der Waals surface area contributed by atoms with Gasteiger partial charge in [-0.2, -0.15) is 5.26 Å². The largest absolute Gasteiger partial charge is 0.366 e. The van der Waals surface area contributed by atoms with Gasteiger partial charge in [-0.05, 0) is 70.2 Å². The topological polar surface area (TPSA) is 45.5 Å². The number of hydrogen-bond acceptors (Lipinski definition) is 4. The van der Waals surface area contributed by atoms with Crippen molar-refractivity contribution in [2.75, 3.05) is 24.7 Å². The van der Waals surface area contributed by atoms with Gasteiger partial charge in [0.25, 0.3) is 0 Å². The highest BCUT2D eigenvalue weighted by molar-refractivity contribution is 5.87. The summed E-state index contributed by atoms with van der Waals surface area (Å²) in [7, 11) is 0. The van der Waals surface area contributed by atoms with Crippen LogP contribution in [0.4, 0.5) is 5.69 Å². The van der Waals surface area contributed by atoms with Crippen LogP contribution in [0.25, 0.3) is 11.1 Å². The van der Waals surface area contributed by atoms with Crippen molar-refractivity contribution in [2.45, 2.75) is 64.7 Å². The Hall–Kier alpha value is -3.13. The lowest BCUT2D eigenvalue weighted by atomic mass is 9.73. The lowest BCUT2D eigenvalue weighted by Gasteiger charge is -2.47. The number of anilines is 1. The Morgan fingerprint density at radius 3 is 2.32 bits per heavy atom. The zero-order valence-corrected chi connectivity index (χ0v) is 21.9. The molecule has 0 bridgehead atoms. The Bertz CT molecular complexity index is 1440. The zero-order valence-electron chi connectivity index (χ0n) is 21.9. The van der Waals surface area contributed by atoms with E-state index < -0.39 is 5.79 Å². The third kappa shape index (κ3) is 3.71. The molecule has 3 aromatic rings. The fourth-order valence-corrected chi connectivity index (χ4v) is 6.99. The molecule has 2 aliphatic carbocycles. The minimum Gasteiger partial charge on any atom is -0.366 e.